The molecule has 2 N–H and O–H groups in total. The smallest absolute Gasteiger partial charge is 0.324 e. The molecule has 1 aliphatic carbocycles. The molecule has 0 spiro atoms. The van der Waals surface area contributed by atoms with Crippen LogP contribution in [0.4, 0.5) is 0 Å². The first-order chi connectivity index (χ1) is 9.93. The van der Waals surface area contributed by atoms with Crippen LogP contribution in [0.15, 0.2) is 47.4 Å². The van der Waals surface area contributed by atoms with E-state index in [1.165, 1.54) is 6.07 Å². The summed E-state index contributed by atoms with van der Waals surface area (Å²) in [6.45, 7) is 0. The van der Waals surface area contributed by atoms with Crippen LogP contribution < -0.4 is 4.72 Å². The van der Waals surface area contributed by atoms with Crippen LogP contribution in [0.2, 0.25) is 0 Å². The van der Waals surface area contributed by atoms with Crippen LogP contribution in [0.3, 0.4) is 0 Å². The van der Waals surface area contributed by atoms with Gasteiger partial charge in [-0.15, -0.1) is 0 Å². The van der Waals surface area contributed by atoms with E-state index in [1.807, 2.05) is 24.3 Å². The lowest BCUT2D eigenvalue weighted by Crippen LogP contribution is -2.58. The molecule has 0 amide bonds. The van der Waals surface area contributed by atoms with Crippen LogP contribution in [-0.4, -0.2) is 25.0 Å². The largest absolute Gasteiger partial charge is 0.480 e. The molecule has 110 valence electrons. The van der Waals surface area contributed by atoms with Gasteiger partial charge in [-0.05, 0) is 42.2 Å². The summed E-state index contributed by atoms with van der Waals surface area (Å²) in [6, 6.07) is 12.2. The highest BCUT2D eigenvalue weighted by atomic mass is 32.2. The molecule has 0 unspecified atom stereocenters. The second kappa shape index (κ2) is 4.82. The Morgan fingerprint density at radius 3 is 2.33 bits per heavy atom. The van der Waals surface area contributed by atoms with E-state index in [0.29, 0.717) is 19.3 Å². The minimum atomic E-state index is -3.85. The maximum Gasteiger partial charge on any atom is 0.324 e. The van der Waals surface area contributed by atoms with Gasteiger partial charge in [0.05, 0.1) is 4.90 Å². The summed E-state index contributed by atoms with van der Waals surface area (Å²) in [5.74, 6) is -1.11. The van der Waals surface area contributed by atoms with Crippen molar-refractivity contribution in [1.29, 1.82) is 0 Å². The average Bonchev–Trinajstić information content (AvgIpc) is 2.42. The Morgan fingerprint density at radius 1 is 1.10 bits per heavy atom. The monoisotopic (exact) mass is 305 g/mol. The molecule has 3 rings (SSSR count). The van der Waals surface area contributed by atoms with E-state index in [9.17, 15) is 18.3 Å². The predicted molar refractivity (Wildman–Crippen MR) is 78.5 cm³/mol. The van der Waals surface area contributed by atoms with Crippen LogP contribution in [0.5, 0.6) is 0 Å². The number of fused-ring (bicyclic) bond motifs is 1. The van der Waals surface area contributed by atoms with Crippen LogP contribution >= 0.6 is 0 Å². The topological polar surface area (TPSA) is 83.5 Å². The highest BCUT2D eigenvalue weighted by Gasteiger charge is 2.47. The van der Waals surface area contributed by atoms with Gasteiger partial charge in [0.25, 0.3) is 0 Å². The first kappa shape index (κ1) is 14.0. The van der Waals surface area contributed by atoms with Crippen molar-refractivity contribution in [3.8, 4) is 0 Å². The number of hydrogen-bond acceptors (Lipinski definition) is 3. The Morgan fingerprint density at radius 2 is 1.76 bits per heavy atom. The maximum absolute atomic E-state index is 12.4. The van der Waals surface area contributed by atoms with Crippen molar-refractivity contribution in [3.63, 3.8) is 0 Å². The lowest BCUT2D eigenvalue weighted by atomic mass is 9.78. The molecule has 0 aliphatic heterocycles. The number of nitrogens with one attached hydrogen (secondary N) is 1. The molecule has 0 heterocycles. The van der Waals surface area contributed by atoms with Crippen LogP contribution in [0, 0.1) is 0 Å². The molecule has 0 saturated heterocycles. The minimum absolute atomic E-state index is 0.0914. The number of hydrogen-bond donors (Lipinski definition) is 2. The summed E-state index contributed by atoms with van der Waals surface area (Å²) >= 11 is 0. The minimum Gasteiger partial charge on any atom is -0.480 e. The van der Waals surface area contributed by atoms with Crippen LogP contribution in [0.25, 0.3) is 10.8 Å². The molecule has 0 radical (unpaired) electrons. The molecule has 0 aromatic heterocycles. The molecule has 5 nitrogen and oxygen atoms in total. The van der Waals surface area contributed by atoms with Gasteiger partial charge in [-0.2, -0.15) is 4.72 Å². The SMILES string of the molecule is O=C(O)C1(NS(=O)(=O)c2ccc3ccccc3c2)CCC1. The number of aliphatic carboxylic acids is 1. The molecule has 1 fully saturated rings. The lowest BCUT2D eigenvalue weighted by Gasteiger charge is -2.37. The molecular weight excluding hydrogens is 290 g/mol. The van der Waals surface area contributed by atoms with Gasteiger partial charge in [0.2, 0.25) is 10.0 Å². The summed E-state index contributed by atoms with van der Waals surface area (Å²) in [4.78, 5) is 11.4. The van der Waals surface area contributed by atoms with Crippen LogP contribution in [0.1, 0.15) is 19.3 Å². The third-order valence-electron chi connectivity index (χ3n) is 3.98. The van der Waals surface area contributed by atoms with Gasteiger partial charge in [0.1, 0.15) is 5.54 Å². The molecule has 2 aromatic carbocycles. The van der Waals surface area contributed by atoms with Gasteiger partial charge >= 0.3 is 5.97 Å². The van der Waals surface area contributed by atoms with Crippen molar-refractivity contribution >= 4 is 26.8 Å². The fourth-order valence-corrected chi connectivity index (χ4v) is 3.99. The van der Waals surface area contributed by atoms with Crippen molar-refractivity contribution < 1.29 is 18.3 Å². The van der Waals surface area contributed by atoms with Crippen LogP contribution in [-0.2, 0) is 14.8 Å². The number of carbonyl (C=O) groups is 1. The van der Waals surface area contributed by atoms with E-state index < -0.39 is 21.5 Å². The zero-order chi connectivity index (χ0) is 15.1. The van der Waals surface area contributed by atoms with Crippen molar-refractivity contribution in [1.82, 2.24) is 4.72 Å². The zero-order valence-electron chi connectivity index (χ0n) is 11.2. The average molecular weight is 305 g/mol. The first-order valence-electron chi connectivity index (χ1n) is 6.69. The van der Waals surface area contributed by atoms with Crippen molar-refractivity contribution in [2.45, 2.75) is 29.7 Å². The van der Waals surface area contributed by atoms with E-state index in [4.69, 9.17) is 0 Å². The highest BCUT2D eigenvalue weighted by molar-refractivity contribution is 7.89. The third-order valence-corrected chi connectivity index (χ3v) is 5.51. The number of carboxylic acid groups (broad SMARTS) is 1. The summed E-state index contributed by atoms with van der Waals surface area (Å²) in [6.07, 6.45) is 1.37. The Hall–Kier alpha value is -1.92. The lowest BCUT2D eigenvalue weighted by molar-refractivity contribution is -0.147. The molecular formula is C15H15NO4S. The molecule has 1 saturated carbocycles. The molecule has 0 bridgehead atoms. The highest BCUT2D eigenvalue weighted by Crippen LogP contribution is 2.34. The molecule has 21 heavy (non-hydrogen) atoms. The second-order valence-electron chi connectivity index (χ2n) is 5.36. The zero-order valence-corrected chi connectivity index (χ0v) is 12.1. The molecule has 6 heteroatoms. The van der Waals surface area contributed by atoms with Crippen molar-refractivity contribution in [2.24, 2.45) is 0 Å². The van der Waals surface area contributed by atoms with Crippen molar-refractivity contribution in [2.75, 3.05) is 0 Å². The van der Waals surface area contributed by atoms with Gasteiger partial charge in [0, 0.05) is 0 Å². The first-order valence-corrected chi connectivity index (χ1v) is 8.17. The number of rotatable bonds is 4. The van der Waals surface area contributed by atoms with Gasteiger partial charge in [0.15, 0.2) is 0 Å². The Kier molecular flexibility index (Phi) is 3.22. The number of benzene rings is 2. The molecule has 0 atom stereocenters. The normalized spacial score (nSPS) is 17.3. The Labute approximate surface area is 122 Å². The van der Waals surface area contributed by atoms with Gasteiger partial charge in [-0.1, -0.05) is 30.3 Å². The fourth-order valence-electron chi connectivity index (χ4n) is 2.54. The number of carboxylic acids is 1. The van der Waals surface area contributed by atoms with Gasteiger partial charge in [-0.25, -0.2) is 8.42 Å². The summed E-state index contributed by atoms with van der Waals surface area (Å²) in [5.41, 5.74) is -1.34. The molecule has 1 aliphatic rings. The Balaban J connectivity index is 1.98. The standard InChI is InChI=1S/C15H15NO4S/c17-14(18)15(8-3-9-15)16-21(19,20)13-7-6-11-4-1-2-5-12(11)10-13/h1-2,4-7,10,16H,3,8-9H2,(H,17,18). The van der Waals surface area contributed by atoms with E-state index in [2.05, 4.69) is 4.72 Å². The van der Waals surface area contributed by atoms with E-state index in [0.717, 1.165) is 10.8 Å². The summed E-state index contributed by atoms with van der Waals surface area (Å²) in [5, 5.41) is 11.0. The number of sulfonamides is 1. The molecule has 2 aromatic rings. The van der Waals surface area contributed by atoms with E-state index >= 15 is 0 Å². The second-order valence-corrected chi connectivity index (χ2v) is 7.04. The quantitative estimate of drug-likeness (QED) is 0.906. The summed E-state index contributed by atoms with van der Waals surface area (Å²) in [7, 11) is -3.85. The van der Waals surface area contributed by atoms with Gasteiger partial charge in [-0.3, -0.25) is 4.79 Å². The van der Waals surface area contributed by atoms with E-state index in [1.54, 1.807) is 12.1 Å². The maximum atomic E-state index is 12.4. The summed E-state index contributed by atoms with van der Waals surface area (Å²) < 4.78 is 27.2. The third kappa shape index (κ3) is 2.41. The van der Waals surface area contributed by atoms with E-state index in [-0.39, 0.29) is 4.90 Å². The predicted octanol–water partition coefficient (Wildman–Crippen LogP) is 2.13. The fraction of sp³-hybridized carbons (Fsp3) is 0.267. The van der Waals surface area contributed by atoms with Gasteiger partial charge < -0.3 is 5.11 Å². The Bertz CT molecular complexity index is 809. The van der Waals surface area contributed by atoms with Crippen molar-refractivity contribution in [3.05, 3.63) is 42.5 Å².